The number of benzene rings is 1. The second-order valence-electron chi connectivity index (χ2n) is 5.77. The number of rotatable bonds is 3. The van der Waals surface area contributed by atoms with Gasteiger partial charge in [0.25, 0.3) is 0 Å². The van der Waals surface area contributed by atoms with Gasteiger partial charge in [0.05, 0.1) is 0 Å². The standard InChI is InChI=1S/C15H22BrFN2/c1-10(2)15-9-19(11(3)7-18-15)8-12-4-5-13(16)6-14(12)17/h4-6,10-11,15,18H,7-9H2,1-3H3. The zero-order valence-electron chi connectivity index (χ0n) is 11.8. The van der Waals surface area contributed by atoms with Crippen LogP contribution >= 0.6 is 15.9 Å². The van der Waals surface area contributed by atoms with Crippen molar-refractivity contribution < 1.29 is 4.39 Å². The lowest BCUT2D eigenvalue weighted by atomic mass is 9.99. The van der Waals surface area contributed by atoms with Gasteiger partial charge in [-0.25, -0.2) is 4.39 Å². The van der Waals surface area contributed by atoms with Gasteiger partial charge in [-0.1, -0.05) is 35.8 Å². The van der Waals surface area contributed by atoms with Crippen molar-refractivity contribution in [3.8, 4) is 0 Å². The highest BCUT2D eigenvalue weighted by molar-refractivity contribution is 9.10. The Morgan fingerprint density at radius 3 is 2.84 bits per heavy atom. The first-order chi connectivity index (χ1) is 8.97. The van der Waals surface area contributed by atoms with Crippen LogP contribution in [-0.4, -0.2) is 30.1 Å². The van der Waals surface area contributed by atoms with Crippen LogP contribution in [0.5, 0.6) is 0 Å². The second kappa shape index (κ2) is 6.33. The fourth-order valence-electron chi connectivity index (χ4n) is 2.48. The monoisotopic (exact) mass is 328 g/mol. The highest BCUT2D eigenvalue weighted by Gasteiger charge is 2.27. The molecule has 1 aromatic rings. The first-order valence-electron chi connectivity index (χ1n) is 6.88. The number of hydrogen-bond acceptors (Lipinski definition) is 2. The Hall–Kier alpha value is -0.450. The number of hydrogen-bond donors (Lipinski definition) is 1. The molecule has 1 saturated heterocycles. The Balaban J connectivity index is 2.07. The molecule has 0 radical (unpaired) electrons. The summed E-state index contributed by atoms with van der Waals surface area (Å²) in [7, 11) is 0. The van der Waals surface area contributed by atoms with Crippen LogP contribution in [0.2, 0.25) is 0 Å². The van der Waals surface area contributed by atoms with E-state index in [-0.39, 0.29) is 5.82 Å². The number of piperazine rings is 1. The highest BCUT2D eigenvalue weighted by atomic mass is 79.9. The molecule has 1 fully saturated rings. The van der Waals surface area contributed by atoms with Gasteiger partial charge < -0.3 is 5.32 Å². The topological polar surface area (TPSA) is 15.3 Å². The molecule has 1 N–H and O–H groups in total. The molecule has 2 atom stereocenters. The van der Waals surface area contributed by atoms with Crippen LogP contribution in [-0.2, 0) is 6.54 Å². The smallest absolute Gasteiger partial charge is 0.128 e. The fourth-order valence-corrected chi connectivity index (χ4v) is 2.82. The van der Waals surface area contributed by atoms with E-state index in [2.05, 4.69) is 46.9 Å². The summed E-state index contributed by atoms with van der Waals surface area (Å²) in [5.74, 6) is 0.478. The van der Waals surface area contributed by atoms with Crippen molar-refractivity contribution in [2.45, 2.75) is 39.4 Å². The fraction of sp³-hybridized carbons (Fsp3) is 0.600. The van der Waals surface area contributed by atoms with E-state index in [1.807, 2.05) is 12.1 Å². The van der Waals surface area contributed by atoms with Gasteiger partial charge in [-0.15, -0.1) is 0 Å². The summed E-state index contributed by atoms with van der Waals surface area (Å²) in [6.07, 6.45) is 0. The third kappa shape index (κ3) is 3.77. The van der Waals surface area contributed by atoms with Gasteiger partial charge in [-0.3, -0.25) is 4.90 Å². The molecule has 1 aliphatic heterocycles. The SMILES string of the molecule is CC(C)C1CN(Cc2ccc(Br)cc2F)C(C)CN1. The van der Waals surface area contributed by atoms with Crippen molar-refractivity contribution >= 4 is 15.9 Å². The molecule has 0 bridgehead atoms. The number of nitrogens with zero attached hydrogens (tertiary/aromatic N) is 1. The first-order valence-corrected chi connectivity index (χ1v) is 7.68. The van der Waals surface area contributed by atoms with Crippen LogP contribution in [0.1, 0.15) is 26.3 Å². The van der Waals surface area contributed by atoms with Crippen molar-refractivity contribution in [1.29, 1.82) is 0 Å². The lowest BCUT2D eigenvalue weighted by Crippen LogP contribution is -2.56. The molecule has 1 aliphatic rings. The molecule has 106 valence electrons. The van der Waals surface area contributed by atoms with E-state index in [9.17, 15) is 4.39 Å². The first kappa shape index (κ1) is 14.9. The van der Waals surface area contributed by atoms with Crippen LogP contribution in [0.4, 0.5) is 4.39 Å². The third-order valence-corrected chi connectivity index (χ3v) is 4.42. The average Bonchev–Trinajstić information content (AvgIpc) is 2.34. The molecule has 1 heterocycles. The summed E-state index contributed by atoms with van der Waals surface area (Å²) < 4.78 is 14.7. The van der Waals surface area contributed by atoms with Crippen molar-refractivity contribution in [2.75, 3.05) is 13.1 Å². The molecule has 0 aliphatic carbocycles. The molecule has 1 aromatic carbocycles. The summed E-state index contributed by atoms with van der Waals surface area (Å²) in [4.78, 5) is 2.37. The molecule has 2 unspecified atom stereocenters. The maximum atomic E-state index is 13.9. The molecular formula is C15H22BrFN2. The minimum Gasteiger partial charge on any atom is -0.311 e. The summed E-state index contributed by atoms with van der Waals surface area (Å²) in [5, 5.41) is 3.56. The lowest BCUT2D eigenvalue weighted by molar-refractivity contribution is 0.115. The van der Waals surface area contributed by atoms with Crippen LogP contribution in [0.3, 0.4) is 0 Å². The zero-order chi connectivity index (χ0) is 14.0. The molecule has 0 aromatic heterocycles. The summed E-state index contributed by atoms with van der Waals surface area (Å²) in [5.41, 5.74) is 0.777. The largest absolute Gasteiger partial charge is 0.311 e. The molecule has 4 heteroatoms. The predicted octanol–water partition coefficient (Wildman–Crippen LogP) is 3.41. The Morgan fingerprint density at radius 2 is 2.21 bits per heavy atom. The summed E-state index contributed by atoms with van der Waals surface area (Å²) in [6, 6.07) is 6.26. The van der Waals surface area contributed by atoms with Crippen molar-refractivity contribution in [2.24, 2.45) is 5.92 Å². The van der Waals surface area contributed by atoms with E-state index in [1.54, 1.807) is 6.07 Å². The van der Waals surface area contributed by atoms with Gasteiger partial charge in [0, 0.05) is 41.8 Å². The van der Waals surface area contributed by atoms with Crippen LogP contribution in [0, 0.1) is 11.7 Å². The minimum atomic E-state index is -0.124. The highest BCUT2D eigenvalue weighted by Crippen LogP contribution is 2.20. The van der Waals surface area contributed by atoms with Gasteiger partial charge >= 0.3 is 0 Å². The molecule has 2 rings (SSSR count). The van der Waals surface area contributed by atoms with Gasteiger partial charge in [0.1, 0.15) is 5.82 Å². The molecule has 0 amide bonds. The quantitative estimate of drug-likeness (QED) is 0.914. The Labute approximate surface area is 123 Å². The van der Waals surface area contributed by atoms with Crippen molar-refractivity contribution in [1.82, 2.24) is 10.2 Å². The Morgan fingerprint density at radius 1 is 1.47 bits per heavy atom. The van der Waals surface area contributed by atoms with Crippen molar-refractivity contribution in [3.05, 3.63) is 34.1 Å². The van der Waals surface area contributed by atoms with E-state index in [0.29, 0.717) is 24.5 Å². The molecule has 0 spiro atoms. The van der Waals surface area contributed by atoms with Crippen LogP contribution in [0.15, 0.2) is 22.7 Å². The molecule has 0 saturated carbocycles. The summed E-state index contributed by atoms with van der Waals surface area (Å²) >= 11 is 3.30. The molecule has 2 nitrogen and oxygen atoms in total. The maximum Gasteiger partial charge on any atom is 0.128 e. The maximum absolute atomic E-state index is 13.9. The van der Waals surface area contributed by atoms with Gasteiger partial charge in [-0.05, 0) is 25.0 Å². The van der Waals surface area contributed by atoms with Gasteiger partial charge in [0.2, 0.25) is 0 Å². The molecular weight excluding hydrogens is 307 g/mol. The van der Waals surface area contributed by atoms with Crippen LogP contribution < -0.4 is 5.32 Å². The van der Waals surface area contributed by atoms with E-state index in [0.717, 1.165) is 23.1 Å². The van der Waals surface area contributed by atoms with Crippen LogP contribution in [0.25, 0.3) is 0 Å². The minimum absolute atomic E-state index is 0.124. The number of nitrogens with one attached hydrogen (secondary N) is 1. The Bertz CT molecular complexity index is 436. The van der Waals surface area contributed by atoms with Crippen molar-refractivity contribution in [3.63, 3.8) is 0 Å². The second-order valence-corrected chi connectivity index (χ2v) is 6.69. The zero-order valence-corrected chi connectivity index (χ0v) is 13.4. The van der Waals surface area contributed by atoms with E-state index in [4.69, 9.17) is 0 Å². The van der Waals surface area contributed by atoms with Gasteiger partial charge in [-0.2, -0.15) is 0 Å². The van der Waals surface area contributed by atoms with E-state index in [1.165, 1.54) is 0 Å². The van der Waals surface area contributed by atoms with E-state index < -0.39 is 0 Å². The third-order valence-electron chi connectivity index (χ3n) is 3.92. The van der Waals surface area contributed by atoms with Gasteiger partial charge in [0.15, 0.2) is 0 Å². The lowest BCUT2D eigenvalue weighted by Gasteiger charge is -2.40. The average molecular weight is 329 g/mol. The molecule has 19 heavy (non-hydrogen) atoms. The Kier molecular flexibility index (Phi) is 4.98. The predicted molar refractivity (Wildman–Crippen MR) is 80.6 cm³/mol. The number of halogens is 2. The normalized spacial score (nSPS) is 24.9. The van der Waals surface area contributed by atoms with E-state index >= 15 is 0 Å². The summed E-state index contributed by atoms with van der Waals surface area (Å²) in [6.45, 7) is 9.29.